The smallest absolute Gasteiger partial charge is 0.406 e. The lowest BCUT2D eigenvalue weighted by molar-refractivity contribution is -0.274. The van der Waals surface area contributed by atoms with Crippen LogP contribution in [0, 0.1) is 5.82 Å². The van der Waals surface area contributed by atoms with Gasteiger partial charge in [-0.15, -0.1) is 13.2 Å². The van der Waals surface area contributed by atoms with Crippen molar-refractivity contribution in [3.05, 3.63) is 76.8 Å². The molecular formula is C25H25ClF4N4O2. The van der Waals surface area contributed by atoms with E-state index in [9.17, 15) is 22.4 Å². The van der Waals surface area contributed by atoms with Gasteiger partial charge in [0.25, 0.3) is 0 Å². The van der Waals surface area contributed by atoms with Crippen molar-refractivity contribution in [3.8, 4) is 5.75 Å². The molecule has 0 aliphatic carbocycles. The maximum absolute atomic E-state index is 14.3. The molecule has 1 saturated heterocycles. The summed E-state index contributed by atoms with van der Waals surface area (Å²) in [5.41, 5.74) is 1.44. The van der Waals surface area contributed by atoms with Crippen molar-refractivity contribution in [1.82, 2.24) is 15.1 Å². The number of amides is 1. The molecule has 0 spiro atoms. The van der Waals surface area contributed by atoms with Crippen LogP contribution in [0.5, 0.6) is 5.75 Å². The third kappa shape index (κ3) is 5.99. The standard InChI is InChI=1S/C25H25ClF4N4O2/c1-24(2,3)34-11-10-20(33-34)17-13-21(32-22(17)14-4-9-18(26)19(27)12-14)23(35)31-15-5-7-16(8-6-15)36-25(28,29)30/h4-12,17,21-22,32H,13H2,1-3H3,(H,31,35)/t17-,21-,22-/m0/s1. The lowest BCUT2D eigenvalue weighted by atomic mass is 9.90. The maximum atomic E-state index is 14.3. The fourth-order valence-corrected chi connectivity index (χ4v) is 4.30. The average Bonchev–Trinajstić information content (AvgIpc) is 3.43. The van der Waals surface area contributed by atoms with Gasteiger partial charge in [0.15, 0.2) is 0 Å². The minimum Gasteiger partial charge on any atom is -0.406 e. The Morgan fingerprint density at radius 1 is 1.14 bits per heavy atom. The summed E-state index contributed by atoms with van der Waals surface area (Å²) in [6, 6.07) is 10.2. The molecular weight excluding hydrogens is 500 g/mol. The van der Waals surface area contributed by atoms with E-state index in [1.165, 1.54) is 24.3 Å². The highest BCUT2D eigenvalue weighted by atomic mass is 35.5. The van der Waals surface area contributed by atoms with Crippen LogP contribution in [0.4, 0.5) is 23.2 Å². The molecule has 1 aromatic heterocycles. The highest BCUT2D eigenvalue weighted by molar-refractivity contribution is 6.30. The molecule has 6 nitrogen and oxygen atoms in total. The Morgan fingerprint density at radius 2 is 1.83 bits per heavy atom. The highest BCUT2D eigenvalue weighted by Crippen LogP contribution is 2.41. The number of hydrogen-bond acceptors (Lipinski definition) is 4. The van der Waals surface area contributed by atoms with Crippen molar-refractivity contribution in [2.75, 3.05) is 5.32 Å². The Labute approximate surface area is 210 Å². The van der Waals surface area contributed by atoms with Crippen LogP contribution in [0.25, 0.3) is 0 Å². The van der Waals surface area contributed by atoms with Crippen molar-refractivity contribution in [3.63, 3.8) is 0 Å². The molecule has 2 heterocycles. The van der Waals surface area contributed by atoms with E-state index in [0.29, 0.717) is 17.7 Å². The lowest BCUT2D eigenvalue weighted by Crippen LogP contribution is -2.36. The number of benzene rings is 2. The second kappa shape index (κ2) is 9.74. The molecule has 1 aliphatic rings. The van der Waals surface area contributed by atoms with Crippen LogP contribution in [-0.2, 0) is 10.3 Å². The van der Waals surface area contributed by atoms with Crippen LogP contribution in [0.2, 0.25) is 5.02 Å². The monoisotopic (exact) mass is 524 g/mol. The van der Waals surface area contributed by atoms with Gasteiger partial charge in [-0.25, -0.2) is 4.39 Å². The highest BCUT2D eigenvalue weighted by Gasteiger charge is 2.40. The SMILES string of the molecule is CC(C)(C)n1ccc([C@@H]2C[C@@H](C(=O)Nc3ccc(OC(F)(F)F)cc3)N[C@H]2c2ccc(Cl)c(F)c2)n1. The first kappa shape index (κ1) is 26.0. The van der Waals surface area contributed by atoms with Crippen molar-refractivity contribution < 1.29 is 27.1 Å². The van der Waals surface area contributed by atoms with E-state index < -0.39 is 24.3 Å². The van der Waals surface area contributed by atoms with E-state index in [1.807, 2.05) is 37.7 Å². The van der Waals surface area contributed by atoms with E-state index in [4.69, 9.17) is 16.7 Å². The molecule has 4 rings (SSSR count). The van der Waals surface area contributed by atoms with E-state index in [0.717, 1.165) is 17.8 Å². The molecule has 1 amide bonds. The zero-order valence-electron chi connectivity index (χ0n) is 19.7. The molecule has 36 heavy (non-hydrogen) atoms. The number of carbonyl (C=O) groups excluding carboxylic acids is 1. The predicted molar refractivity (Wildman–Crippen MR) is 127 cm³/mol. The molecule has 0 bridgehead atoms. The number of carbonyl (C=O) groups is 1. The summed E-state index contributed by atoms with van der Waals surface area (Å²) < 4.78 is 57.1. The van der Waals surface area contributed by atoms with Crippen molar-refractivity contribution in [1.29, 1.82) is 0 Å². The fraction of sp³-hybridized carbons (Fsp3) is 0.360. The summed E-state index contributed by atoms with van der Waals surface area (Å²) in [7, 11) is 0. The first-order valence-corrected chi connectivity index (χ1v) is 11.6. The third-order valence-electron chi connectivity index (χ3n) is 5.92. The largest absolute Gasteiger partial charge is 0.573 e. The third-order valence-corrected chi connectivity index (χ3v) is 6.23. The topological polar surface area (TPSA) is 68.2 Å². The average molecular weight is 525 g/mol. The number of rotatable bonds is 5. The van der Waals surface area contributed by atoms with Gasteiger partial charge in [0.05, 0.1) is 22.3 Å². The van der Waals surface area contributed by atoms with Crippen LogP contribution in [0.15, 0.2) is 54.7 Å². The fourth-order valence-electron chi connectivity index (χ4n) is 4.18. The van der Waals surface area contributed by atoms with Crippen LogP contribution in [-0.4, -0.2) is 28.1 Å². The molecule has 11 heteroatoms. The Bertz CT molecular complexity index is 1240. The number of nitrogens with zero attached hydrogens (tertiary/aromatic N) is 2. The Balaban J connectivity index is 1.55. The van der Waals surface area contributed by atoms with Gasteiger partial charge in [-0.1, -0.05) is 17.7 Å². The summed E-state index contributed by atoms with van der Waals surface area (Å²) in [6.45, 7) is 6.05. The Hall–Kier alpha value is -3.11. The normalized spacial score (nSPS) is 20.4. The molecule has 3 atom stereocenters. The van der Waals surface area contributed by atoms with Gasteiger partial charge in [-0.2, -0.15) is 5.10 Å². The molecule has 0 saturated carbocycles. The summed E-state index contributed by atoms with van der Waals surface area (Å²) in [4.78, 5) is 13.1. The second-order valence-electron chi connectivity index (χ2n) is 9.63. The first-order valence-electron chi connectivity index (χ1n) is 11.2. The molecule has 192 valence electrons. The zero-order valence-corrected chi connectivity index (χ0v) is 20.5. The van der Waals surface area contributed by atoms with Crippen LogP contribution < -0.4 is 15.4 Å². The number of halogens is 5. The summed E-state index contributed by atoms with van der Waals surface area (Å²) >= 11 is 5.86. The second-order valence-corrected chi connectivity index (χ2v) is 10.0. The molecule has 0 radical (unpaired) electrons. The predicted octanol–water partition coefficient (Wildman–Crippen LogP) is 6.15. The molecule has 1 aliphatic heterocycles. The van der Waals surface area contributed by atoms with Crippen LogP contribution in [0.3, 0.4) is 0 Å². The van der Waals surface area contributed by atoms with Gasteiger partial charge in [0, 0.05) is 23.8 Å². The first-order chi connectivity index (χ1) is 16.8. The van der Waals surface area contributed by atoms with Gasteiger partial charge in [0.1, 0.15) is 11.6 Å². The Kier molecular flexibility index (Phi) is 7.03. The number of hydrogen-bond donors (Lipinski definition) is 2. The molecule has 2 aromatic carbocycles. The van der Waals surface area contributed by atoms with Gasteiger partial charge < -0.3 is 10.1 Å². The van der Waals surface area contributed by atoms with E-state index in [2.05, 4.69) is 15.4 Å². The molecule has 1 fully saturated rings. The Morgan fingerprint density at radius 3 is 2.42 bits per heavy atom. The van der Waals surface area contributed by atoms with Crippen molar-refractivity contribution in [2.24, 2.45) is 0 Å². The summed E-state index contributed by atoms with van der Waals surface area (Å²) in [6.07, 6.45) is -2.56. The van der Waals surface area contributed by atoms with E-state index >= 15 is 0 Å². The maximum Gasteiger partial charge on any atom is 0.573 e. The van der Waals surface area contributed by atoms with Crippen LogP contribution >= 0.6 is 11.6 Å². The number of alkyl halides is 3. The minimum absolute atomic E-state index is 0.00227. The van der Waals surface area contributed by atoms with Gasteiger partial charge in [-0.05, 0) is 75.2 Å². The summed E-state index contributed by atoms with van der Waals surface area (Å²) in [5, 5.41) is 10.7. The molecule has 3 aromatic rings. The van der Waals surface area contributed by atoms with Crippen molar-refractivity contribution in [2.45, 2.75) is 57.1 Å². The molecule has 0 unspecified atom stereocenters. The number of aromatic nitrogens is 2. The van der Waals surface area contributed by atoms with E-state index in [-0.39, 0.29) is 28.1 Å². The minimum atomic E-state index is -4.80. The number of nitrogens with one attached hydrogen (secondary N) is 2. The van der Waals surface area contributed by atoms with Crippen molar-refractivity contribution >= 4 is 23.2 Å². The van der Waals surface area contributed by atoms with Gasteiger partial charge in [-0.3, -0.25) is 14.8 Å². The van der Waals surface area contributed by atoms with Gasteiger partial charge >= 0.3 is 6.36 Å². The van der Waals surface area contributed by atoms with E-state index in [1.54, 1.807) is 6.07 Å². The number of anilines is 1. The lowest BCUT2D eigenvalue weighted by Gasteiger charge is -2.21. The molecule has 2 N–H and O–H groups in total. The summed E-state index contributed by atoms with van der Waals surface area (Å²) in [5.74, 6) is -1.58. The van der Waals surface area contributed by atoms with Crippen LogP contribution in [0.1, 0.15) is 50.4 Å². The zero-order chi connectivity index (χ0) is 26.3. The number of ether oxygens (including phenoxy) is 1. The van der Waals surface area contributed by atoms with Gasteiger partial charge in [0.2, 0.25) is 5.91 Å². The quantitative estimate of drug-likeness (QED) is 0.393.